The summed E-state index contributed by atoms with van der Waals surface area (Å²) < 4.78 is 19.0. The third-order valence-electron chi connectivity index (χ3n) is 4.59. The fourth-order valence-corrected chi connectivity index (χ4v) is 3.22. The van der Waals surface area contributed by atoms with Gasteiger partial charge in [-0.1, -0.05) is 19.9 Å². The molecule has 1 atom stereocenters. The molecule has 1 aromatic rings. The molecule has 8 heteroatoms. The quantitative estimate of drug-likeness (QED) is 0.286. The van der Waals surface area contributed by atoms with E-state index in [-0.39, 0.29) is 29.7 Å². The molecule has 0 aliphatic carbocycles. The topological polar surface area (TPSA) is 69.1 Å². The smallest absolute Gasteiger partial charge is 0.191 e. The number of hydrogen-bond donors (Lipinski definition) is 3. The van der Waals surface area contributed by atoms with E-state index in [0.717, 1.165) is 51.4 Å². The highest BCUT2D eigenvalue weighted by Gasteiger charge is 2.22. The van der Waals surface area contributed by atoms with E-state index in [1.165, 1.54) is 12.1 Å². The second kappa shape index (κ2) is 13.2. The highest BCUT2D eigenvalue weighted by molar-refractivity contribution is 14.0. The minimum Gasteiger partial charge on any atom is -0.505 e. The Labute approximate surface area is 185 Å². The van der Waals surface area contributed by atoms with Gasteiger partial charge in [-0.25, -0.2) is 9.38 Å². The Morgan fingerprint density at radius 2 is 2.00 bits per heavy atom. The molecule has 0 spiro atoms. The second-order valence-electron chi connectivity index (χ2n) is 7.29. The van der Waals surface area contributed by atoms with Crippen molar-refractivity contribution >= 4 is 29.9 Å². The number of morpholine rings is 1. The van der Waals surface area contributed by atoms with Gasteiger partial charge in [-0.3, -0.25) is 4.90 Å². The summed E-state index contributed by atoms with van der Waals surface area (Å²) in [7, 11) is 0. The van der Waals surface area contributed by atoms with Gasteiger partial charge in [0.2, 0.25) is 0 Å². The van der Waals surface area contributed by atoms with Gasteiger partial charge in [0.05, 0.1) is 19.8 Å². The zero-order valence-electron chi connectivity index (χ0n) is 17.1. The van der Waals surface area contributed by atoms with Crippen molar-refractivity contribution in [1.82, 2.24) is 15.5 Å². The molecule has 1 fully saturated rings. The van der Waals surface area contributed by atoms with Crippen LogP contribution in [-0.2, 0) is 11.3 Å². The first-order chi connectivity index (χ1) is 13.0. The van der Waals surface area contributed by atoms with Gasteiger partial charge in [0.25, 0.3) is 0 Å². The van der Waals surface area contributed by atoms with E-state index in [4.69, 9.17) is 4.74 Å². The fraction of sp³-hybridized carbons (Fsp3) is 0.650. The van der Waals surface area contributed by atoms with Crippen LogP contribution < -0.4 is 10.6 Å². The number of halogens is 2. The summed E-state index contributed by atoms with van der Waals surface area (Å²) in [5.41, 5.74) is 0.717. The summed E-state index contributed by atoms with van der Waals surface area (Å²) in [6.45, 7) is 11.9. The standard InChI is InChI=1S/C20H33FN4O2.HI/c1-4-22-20(23-13-16-5-6-19(26)18(21)12-16)24-14-17(11-15(2)3)25-7-9-27-10-8-25;/h5-6,12,15,17,26H,4,7-11,13-14H2,1-3H3,(H2,22,23,24);1H. The first kappa shape index (κ1) is 24.9. The number of nitrogens with zero attached hydrogens (tertiary/aromatic N) is 2. The molecule has 1 aliphatic heterocycles. The maximum Gasteiger partial charge on any atom is 0.191 e. The number of aromatic hydroxyl groups is 1. The summed E-state index contributed by atoms with van der Waals surface area (Å²) in [6.07, 6.45) is 1.11. The van der Waals surface area contributed by atoms with Gasteiger partial charge in [0.1, 0.15) is 0 Å². The van der Waals surface area contributed by atoms with Crippen LogP contribution in [0.4, 0.5) is 4.39 Å². The summed E-state index contributed by atoms with van der Waals surface area (Å²) >= 11 is 0. The molecule has 1 saturated heterocycles. The lowest BCUT2D eigenvalue weighted by Gasteiger charge is -2.35. The second-order valence-corrected chi connectivity index (χ2v) is 7.29. The molecule has 160 valence electrons. The first-order valence-electron chi connectivity index (χ1n) is 9.81. The molecule has 0 saturated carbocycles. The van der Waals surface area contributed by atoms with E-state index in [2.05, 4.69) is 34.4 Å². The summed E-state index contributed by atoms with van der Waals surface area (Å²) in [5.74, 6) is 0.368. The lowest BCUT2D eigenvalue weighted by atomic mass is 10.0. The average Bonchev–Trinajstić information content (AvgIpc) is 2.66. The molecule has 1 unspecified atom stereocenters. The zero-order valence-corrected chi connectivity index (χ0v) is 19.4. The number of aliphatic imine (C=N–C) groups is 1. The molecule has 3 N–H and O–H groups in total. The Bertz CT molecular complexity index is 610. The maximum atomic E-state index is 13.5. The Morgan fingerprint density at radius 1 is 1.29 bits per heavy atom. The van der Waals surface area contributed by atoms with Crippen molar-refractivity contribution < 1.29 is 14.2 Å². The monoisotopic (exact) mass is 508 g/mol. The molecule has 6 nitrogen and oxygen atoms in total. The Kier molecular flexibility index (Phi) is 11.7. The molecular formula is C20H34FIN4O2. The number of phenolic OH excluding ortho intramolecular Hbond substituents is 1. The molecule has 1 aromatic carbocycles. The fourth-order valence-electron chi connectivity index (χ4n) is 3.22. The van der Waals surface area contributed by atoms with Gasteiger partial charge in [0, 0.05) is 32.2 Å². The van der Waals surface area contributed by atoms with Crippen molar-refractivity contribution in [3.05, 3.63) is 29.6 Å². The highest BCUT2D eigenvalue weighted by atomic mass is 127. The summed E-state index contributed by atoms with van der Waals surface area (Å²) in [4.78, 5) is 7.04. The van der Waals surface area contributed by atoms with Gasteiger partial charge < -0.3 is 20.5 Å². The van der Waals surface area contributed by atoms with E-state index < -0.39 is 5.82 Å². The van der Waals surface area contributed by atoms with Crippen molar-refractivity contribution in [2.75, 3.05) is 39.4 Å². The lowest BCUT2D eigenvalue weighted by molar-refractivity contribution is 0.0132. The van der Waals surface area contributed by atoms with Gasteiger partial charge in [-0.05, 0) is 37.0 Å². The minimum atomic E-state index is -0.620. The van der Waals surface area contributed by atoms with Crippen LogP contribution in [0.5, 0.6) is 5.75 Å². The van der Waals surface area contributed by atoms with Gasteiger partial charge in [0.15, 0.2) is 17.5 Å². The number of hydrogen-bond acceptors (Lipinski definition) is 4. The van der Waals surface area contributed by atoms with Crippen molar-refractivity contribution in [2.45, 2.75) is 39.8 Å². The molecule has 28 heavy (non-hydrogen) atoms. The molecule has 0 amide bonds. The van der Waals surface area contributed by atoms with E-state index >= 15 is 0 Å². The molecule has 1 heterocycles. The van der Waals surface area contributed by atoms with Gasteiger partial charge >= 0.3 is 0 Å². The lowest BCUT2D eigenvalue weighted by Crippen LogP contribution is -2.51. The van der Waals surface area contributed by atoms with Crippen LogP contribution in [0.2, 0.25) is 0 Å². The number of phenols is 1. The summed E-state index contributed by atoms with van der Waals surface area (Å²) in [5, 5.41) is 16.0. The van der Waals surface area contributed by atoms with Crippen LogP contribution in [-0.4, -0.2) is 61.4 Å². The number of rotatable bonds is 8. The molecule has 2 rings (SSSR count). The maximum absolute atomic E-state index is 13.5. The highest BCUT2D eigenvalue weighted by Crippen LogP contribution is 2.16. The first-order valence-corrected chi connectivity index (χ1v) is 9.81. The summed E-state index contributed by atoms with van der Waals surface area (Å²) in [6, 6.07) is 4.78. The van der Waals surface area contributed by atoms with Crippen molar-refractivity contribution in [1.29, 1.82) is 0 Å². The Balaban J connectivity index is 0.00000392. The third kappa shape index (κ3) is 8.48. The van der Waals surface area contributed by atoms with Crippen molar-refractivity contribution in [2.24, 2.45) is 10.9 Å². The molecule has 1 aliphatic rings. The number of guanidine groups is 1. The van der Waals surface area contributed by atoms with Gasteiger partial charge in [-0.15, -0.1) is 24.0 Å². The molecular weight excluding hydrogens is 474 g/mol. The average molecular weight is 508 g/mol. The van der Waals surface area contributed by atoms with Crippen molar-refractivity contribution in [3.8, 4) is 5.75 Å². The number of ether oxygens (including phenoxy) is 1. The minimum absolute atomic E-state index is 0. The van der Waals surface area contributed by atoms with E-state index in [1.54, 1.807) is 6.07 Å². The SMILES string of the molecule is CCNC(=NCc1ccc(O)c(F)c1)NCC(CC(C)C)N1CCOCC1.I. The predicted molar refractivity (Wildman–Crippen MR) is 122 cm³/mol. The van der Waals surface area contributed by atoms with E-state index in [1.807, 2.05) is 6.92 Å². The van der Waals surface area contributed by atoms with Crippen LogP contribution in [0, 0.1) is 11.7 Å². The molecule has 0 radical (unpaired) electrons. The molecule has 0 bridgehead atoms. The van der Waals surface area contributed by atoms with E-state index in [9.17, 15) is 9.50 Å². The number of benzene rings is 1. The van der Waals surface area contributed by atoms with Crippen LogP contribution in [0.3, 0.4) is 0 Å². The normalized spacial score (nSPS) is 16.5. The predicted octanol–water partition coefficient (Wildman–Crippen LogP) is 2.95. The van der Waals surface area contributed by atoms with Crippen molar-refractivity contribution in [3.63, 3.8) is 0 Å². The third-order valence-corrected chi connectivity index (χ3v) is 4.59. The Morgan fingerprint density at radius 3 is 2.61 bits per heavy atom. The largest absolute Gasteiger partial charge is 0.505 e. The van der Waals surface area contributed by atoms with Crippen LogP contribution in [0.1, 0.15) is 32.8 Å². The Hall–Kier alpha value is -1.13. The van der Waals surface area contributed by atoms with Crippen LogP contribution in [0.15, 0.2) is 23.2 Å². The van der Waals surface area contributed by atoms with Crippen LogP contribution >= 0.6 is 24.0 Å². The number of nitrogens with one attached hydrogen (secondary N) is 2. The molecule has 0 aromatic heterocycles. The van der Waals surface area contributed by atoms with Crippen LogP contribution in [0.25, 0.3) is 0 Å². The zero-order chi connectivity index (χ0) is 19.6. The van der Waals surface area contributed by atoms with E-state index in [0.29, 0.717) is 24.5 Å². The van der Waals surface area contributed by atoms with Gasteiger partial charge in [-0.2, -0.15) is 0 Å².